The monoisotopic (exact) mass is 357 g/mol. The number of anilines is 1. The lowest BCUT2D eigenvalue weighted by molar-refractivity contribution is 0.184. The molecule has 0 atom stereocenters. The number of nitrogens with zero attached hydrogens (tertiary/aromatic N) is 4. The van der Waals surface area contributed by atoms with E-state index in [9.17, 15) is 4.79 Å². The molecule has 1 saturated carbocycles. The van der Waals surface area contributed by atoms with Crippen molar-refractivity contribution >= 4 is 11.8 Å². The van der Waals surface area contributed by atoms with Gasteiger partial charge in [-0.25, -0.2) is 14.8 Å². The highest BCUT2D eigenvalue weighted by Gasteiger charge is 2.28. The normalized spacial score (nSPS) is 21.4. The number of carbonyl (C=O) groups is 1. The van der Waals surface area contributed by atoms with Gasteiger partial charge in [0.15, 0.2) is 0 Å². The molecule has 0 spiro atoms. The molecule has 2 amide bonds. The minimum atomic E-state index is 0.0905. The number of aromatic nitrogens is 2. The van der Waals surface area contributed by atoms with Gasteiger partial charge in [0.1, 0.15) is 11.6 Å². The van der Waals surface area contributed by atoms with Gasteiger partial charge in [0.25, 0.3) is 0 Å². The number of nitrogens with one attached hydrogen (secondary N) is 1. The predicted molar refractivity (Wildman–Crippen MR) is 102 cm³/mol. The Morgan fingerprint density at radius 1 is 1.00 bits per heavy atom. The van der Waals surface area contributed by atoms with E-state index in [-0.39, 0.29) is 6.03 Å². The minimum Gasteiger partial charge on any atom is -0.356 e. The molecule has 6 heteroatoms. The number of amides is 2. The van der Waals surface area contributed by atoms with E-state index < -0.39 is 0 Å². The number of hydrogen-bond donors (Lipinski definition) is 1. The molecule has 0 radical (unpaired) electrons. The van der Waals surface area contributed by atoms with Crippen LogP contribution in [0.4, 0.5) is 10.6 Å². The zero-order chi connectivity index (χ0) is 17.9. The van der Waals surface area contributed by atoms with Crippen molar-refractivity contribution in [3.8, 4) is 0 Å². The molecular weight excluding hydrogens is 326 g/mol. The summed E-state index contributed by atoms with van der Waals surface area (Å²) in [5, 5.41) is 3.26. The zero-order valence-corrected chi connectivity index (χ0v) is 16.0. The van der Waals surface area contributed by atoms with Crippen LogP contribution in [-0.4, -0.2) is 46.6 Å². The third kappa shape index (κ3) is 3.79. The van der Waals surface area contributed by atoms with Gasteiger partial charge in [0.05, 0.1) is 12.2 Å². The van der Waals surface area contributed by atoms with E-state index in [0.29, 0.717) is 12.6 Å². The first-order valence-corrected chi connectivity index (χ1v) is 10.4. The van der Waals surface area contributed by atoms with Crippen molar-refractivity contribution in [3.05, 3.63) is 17.1 Å². The number of piperidine rings is 1. The molecule has 2 aliphatic heterocycles. The fraction of sp³-hybridized carbons (Fsp3) is 0.750. The summed E-state index contributed by atoms with van der Waals surface area (Å²) in [6.45, 7) is 5.51. The Kier molecular flexibility index (Phi) is 5.27. The van der Waals surface area contributed by atoms with Crippen molar-refractivity contribution in [1.29, 1.82) is 0 Å². The van der Waals surface area contributed by atoms with Gasteiger partial charge in [-0.3, -0.25) is 0 Å². The van der Waals surface area contributed by atoms with Gasteiger partial charge in [0, 0.05) is 37.7 Å². The molecule has 1 N–H and O–H groups in total. The number of urea groups is 1. The number of carbonyl (C=O) groups excluding carboxylic acids is 1. The molecule has 3 heterocycles. The van der Waals surface area contributed by atoms with Crippen LogP contribution in [0.2, 0.25) is 0 Å². The van der Waals surface area contributed by atoms with Crippen LogP contribution in [0.1, 0.15) is 68.4 Å². The molecule has 142 valence electrons. The van der Waals surface area contributed by atoms with Crippen LogP contribution in [0.25, 0.3) is 0 Å². The highest BCUT2D eigenvalue weighted by atomic mass is 16.2. The van der Waals surface area contributed by atoms with Gasteiger partial charge in [-0.05, 0) is 39.0 Å². The van der Waals surface area contributed by atoms with Crippen LogP contribution in [0.15, 0.2) is 0 Å². The summed E-state index contributed by atoms with van der Waals surface area (Å²) >= 11 is 0. The Hall–Kier alpha value is -1.85. The molecule has 4 rings (SSSR count). The van der Waals surface area contributed by atoms with Crippen LogP contribution in [0.5, 0.6) is 0 Å². The second-order valence-electron chi connectivity index (χ2n) is 8.02. The van der Waals surface area contributed by atoms with Gasteiger partial charge in [-0.2, -0.15) is 0 Å². The highest BCUT2D eigenvalue weighted by Crippen LogP contribution is 2.29. The molecule has 1 aliphatic carbocycles. The lowest BCUT2D eigenvalue weighted by Gasteiger charge is -2.35. The quantitative estimate of drug-likeness (QED) is 0.883. The molecular formula is C20H31N5O. The number of rotatable bonds is 2. The number of hydrogen-bond acceptors (Lipinski definition) is 4. The van der Waals surface area contributed by atoms with Crippen molar-refractivity contribution in [3.63, 3.8) is 0 Å². The van der Waals surface area contributed by atoms with Crippen LogP contribution in [-0.2, 0) is 13.0 Å². The SMILES string of the molecule is Cc1nc2c(c(N3CCCCC3)n1)CN(C(=O)NC1CCCCC1)CC2. The maximum absolute atomic E-state index is 12.8. The van der Waals surface area contributed by atoms with Gasteiger partial charge >= 0.3 is 6.03 Å². The Balaban J connectivity index is 1.50. The fourth-order valence-electron chi connectivity index (χ4n) is 4.57. The molecule has 1 saturated heterocycles. The summed E-state index contributed by atoms with van der Waals surface area (Å²) < 4.78 is 0. The fourth-order valence-corrected chi connectivity index (χ4v) is 4.57. The molecule has 6 nitrogen and oxygen atoms in total. The highest BCUT2D eigenvalue weighted by molar-refractivity contribution is 5.75. The molecule has 2 fully saturated rings. The first-order valence-electron chi connectivity index (χ1n) is 10.4. The smallest absolute Gasteiger partial charge is 0.317 e. The van der Waals surface area contributed by atoms with Crippen LogP contribution in [0.3, 0.4) is 0 Å². The van der Waals surface area contributed by atoms with Crippen LogP contribution in [0, 0.1) is 6.92 Å². The van der Waals surface area contributed by atoms with Crippen molar-refractivity contribution in [2.75, 3.05) is 24.5 Å². The molecule has 0 bridgehead atoms. The largest absolute Gasteiger partial charge is 0.356 e. The lowest BCUT2D eigenvalue weighted by Crippen LogP contribution is -2.47. The average molecular weight is 358 g/mol. The summed E-state index contributed by atoms with van der Waals surface area (Å²) in [7, 11) is 0. The standard InChI is InChI=1S/C20H31N5O/c1-15-21-18-10-13-25(20(26)23-16-8-4-2-5-9-16)14-17(18)19(22-15)24-11-6-3-7-12-24/h16H,2-14H2,1H3,(H,23,26). The minimum absolute atomic E-state index is 0.0905. The van der Waals surface area contributed by atoms with Gasteiger partial charge in [-0.15, -0.1) is 0 Å². The van der Waals surface area contributed by atoms with Crippen molar-refractivity contribution in [2.24, 2.45) is 0 Å². The molecule has 1 aromatic heterocycles. The van der Waals surface area contributed by atoms with Crippen LogP contribution < -0.4 is 10.2 Å². The summed E-state index contributed by atoms with van der Waals surface area (Å²) in [5.41, 5.74) is 2.31. The number of aryl methyl sites for hydroxylation is 1. The first kappa shape index (κ1) is 17.6. The second kappa shape index (κ2) is 7.80. The second-order valence-corrected chi connectivity index (χ2v) is 8.02. The van der Waals surface area contributed by atoms with E-state index in [4.69, 9.17) is 4.98 Å². The van der Waals surface area contributed by atoms with E-state index in [0.717, 1.165) is 56.2 Å². The van der Waals surface area contributed by atoms with Gasteiger partial charge in [0.2, 0.25) is 0 Å². The van der Waals surface area contributed by atoms with E-state index >= 15 is 0 Å². The molecule has 1 aromatic rings. The maximum Gasteiger partial charge on any atom is 0.317 e. The Morgan fingerprint density at radius 3 is 2.50 bits per heavy atom. The zero-order valence-electron chi connectivity index (χ0n) is 16.0. The predicted octanol–water partition coefficient (Wildman–Crippen LogP) is 3.18. The van der Waals surface area contributed by atoms with Crippen LogP contribution >= 0.6 is 0 Å². The number of fused-ring (bicyclic) bond motifs is 1. The van der Waals surface area contributed by atoms with E-state index in [1.807, 2.05) is 11.8 Å². The lowest BCUT2D eigenvalue weighted by atomic mass is 9.95. The first-order chi connectivity index (χ1) is 12.7. The van der Waals surface area contributed by atoms with E-state index in [1.54, 1.807) is 0 Å². The Labute approximate surface area is 156 Å². The van der Waals surface area contributed by atoms with Gasteiger partial charge < -0.3 is 15.1 Å². The third-order valence-electron chi connectivity index (χ3n) is 6.03. The maximum atomic E-state index is 12.8. The summed E-state index contributed by atoms with van der Waals surface area (Å²) in [6, 6.07) is 0.446. The van der Waals surface area contributed by atoms with Gasteiger partial charge in [-0.1, -0.05) is 19.3 Å². The topological polar surface area (TPSA) is 61.4 Å². The Bertz CT molecular complexity index is 650. The molecule has 0 unspecified atom stereocenters. The summed E-state index contributed by atoms with van der Waals surface area (Å²) in [5.74, 6) is 1.92. The van der Waals surface area contributed by atoms with E-state index in [2.05, 4.69) is 15.2 Å². The average Bonchev–Trinajstić information content (AvgIpc) is 2.68. The third-order valence-corrected chi connectivity index (χ3v) is 6.03. The summed E-state index contributed by atoms with van der Waals surface area (Å²) in [6.07, 6.45) is 10.6. The molecule has 3 aliphatic rings. The van der Waals surface area contributed by atoms with E-state index in [1.165, 1.54) is 44.1 Å². The molecule has 0 aromatic carbocycles. The van der Waals surface area contributed by atoms with Crippen molar-refractivity contribution in [1.82, 2.24) is 20.2 Å². The molecule has 26 heavy (non-hydrogen) atoms. The van der Waals surface area contributed by atoms with Crippen molar-refractivity contribution in [2.45, 2.75) is 77.3 Å². The van der Waals surface area contributed by atoms with Crippen molar-refractivity contribution < 1.29 is 4.79 Å². The Morgan fingerprint density at radius 2 is 1.73 bits per heavy atom. The summed E-state index contributed by atoms with van der Waals surface area (Å²) in [4.78, 5) is 26.6.